The van der Waals surface area contributed by atoms with Gasteiger partial charge in [-0.15, -0.1) is 11.6 Å². The highest BCUT2D eigenvalue weighted by molar-refractivity contribution is 6.18. The van der Waals surface area contributed by atoms with E-state index in [1.54, 1.807) is 12.1 Å². The lowest BCUT2D eigenvalue weighted by Crippen LogP contribution is -2.18. The minimum Gasteiger partial charge on any atom is -0.307 e. The second kappa shape index (κ2) is 6.59. The third kappa shape index (κ3) is 4.45. The molecular formula is C12H15ClFN. The molecule has 0 aliphatic rings. The fourth-order valence-corrected chi connectivity index (χ4v) is 1.39. The first-order valence-corrected chi connectivity index (χ1v) is 5.47. The maximum absolute atomic E-state index is 12.7. The molecule has 82 valence electrons. The normalized spacial score (nSPS) is 13.3. The Morgan fingerprint density at radius 2 is 2.00 bits per heavy atom. The van der Waals surface area contributed by atoms with Crippen LogP contribution in [0.15, 0.2) is 36.4 Å². The fraction of sp³-hybridized carbons (Fsp3) is 0.333. The van der Waals surface area contributed by atoms with E-state index >= 15 is 0 Å². The van der Waals surface area contributed by atoms with Crippen molar-refractivity contribution in [3.63, 3.8) is 0 Å². The number of rotatable bonds is 5. The first-order valence-electron chi connectivity index (χ1n) is 4.94. The lowest BCUT2D eigenvalue weighted by molar-refractivity contribution is 0.605. The van der Waals surface area contributed by atoms with Gasteiger partial charge in [0.15, 0.2) is 0 Å². The van der Waals surface area contributed by atoms with E-state index in [-0.39, 0.29) is 11.9 Å². The summed E-state index contributed by atoms with van der Waals surface area (Å²) in [7, 11) is 0. The van der Waals surface area contributed by atoms with Crippen molar-refractivity contribution in [2.45, 2.75) is 13.0 Å². The molecule has 1 N–H and O–H groups in total. The summed E-state index contributed by atoms with van der Waals surface area (Å²) in [5, 5.41) is 3.29. The Morgan fingerprint density at radius 1 is 1.33 bits per heavy atom. The molecule has 0 aliphatic heterocycles. The molecule has 0 amide bonds. The van der Waals surface area contributed by atoms with Crippen molar-refractivity contribution in [1.29, 1.82) is 0 Å². The Kier molecular flexibility index (Phi) is 5.37. The molecule has 1 nitrogen and oxygen atoms in total. The zero-order chi connectivity index (χ0) is 11.1. The van der Waals surface area contributed by atoms with E-state index in [2.05, 4.69) is 5.32 Å². The van der Waals surface area contributed by atoms with Crippen LogP contribution in [0.5, 0.6) is 0 Å². The molecule has 0 radical (unpaired) electrons. The molecule has 1 aromatic carbocycles. The molecule has 3 heteroatoms. The van der Waals surface area contributed by atoms with Gasteiger partial charge in [-0.05, 0) is 24.6 Å². The lowest BCUT2D eigenvalue weighted by Gasteiger charge is -2.12. The summed E-state index contributed by atoms with van der Waals surface area (Å²) in [6.07, 6.45) is 3.87. The quantitative estimate of drug-likeness (QED) is 0.602. The van der Waals surface area contributed by atoms with Crippen LogP contribution in [0.3, 0.4) is 0 Å². The SMILES string of the molecule is C[C@@H](NC/C=C/CCl)c1ccc(F)cc1. The van der Waals surface area contributed by atoms with Crippen molar-refractivity contribution in [3.05, 3.63) is 47.8 Å². The molecule has 0 aliphatic carbocycles. The molecule has 0 fully saturated rings. The van der Waals surface area contributed by atoms with Crippen LogP contribution in [0.1, 0.15) is 18.5 Å². The molecule has 0 saturated carbocycles. The second-order valence-corrected chi connectivity index (χ2v) is 3.62. The van der Waals surface area contributed by atoms with E-state index in [4.69, 9.17) is 11.6 Å². The van der Waals surface area contributed by atoms with Crippen molar-refractivity contribution in [1.82, 2.24) is 5.32 Å². The summed E-state index contributed by atoms with van der Waals surface area (Å²) in [5.74, 6) is 0.333. The van der Waals surface area contributed by atoms with Crippen LogP contribution < -0.4 is 5.32 Å². The summed E-state index contributed by atoms with van der Waals surface area (Å²) < 4.78 is 12.7. The van der Waals surface area contributed by atoms with Crippen molar-refractivity contribution in [2.75, 3.05) is 12.4 Å². The number of halogens is 2. The van der Waals surface area contributed by atoms with Crippen LogP contribution in [0, 0.1) is 5.82 Å². The summed E-state index contributed by atoms with van der Waals surface area (Å²) in [6.45, 7) is 2.81. The lowest BCUT2D eigenvalue weighted by atomic mass is 10.1. The van der Waals surface area contributed by atoms with Crippen molar-refractivity contribution in [3.8, 4) is 0 Å². The number of hydrogen-bond donors (Lipinski definition) is 1. The maximum atomic E-state index is 12.7. The molecule has 1 atom stereocenters. The fourth-order valence-electron chi connectivity index (χ4n) is 1.26. The largest absolute Gasteiger partial charge is 0.307 e. The first kappa shape index (κ1) is 12.2. The third-order valence-corrected chi connectivity index (χ3v) is 2.35. The van der Waals surface area contributed by atoms with Gasteiger partial charge in [0.2, 0.25) is 0 Å². The Morgan fingerprint density at radius 3 is 2.60 bits per heavy atom. The molecule has 0 saturated heterocycles. The maximum Gasteiger partial charge on any atom is 0.123 e. The highest BCUT2D eigenvalue weighted by Crippen LogP contribution is 2.12. The third-order valence-electron chi connectivity index (χ3n) is 2.17. The Labute approximate surface area is 95.0 Å². The highest BCUT2D eigenvalue weighted by Gasteiger charge is 2.02. The molecule has 0 bridgehead atoms. The number of benzene rings is 1. The van der Waals surface area contributed by atoms with Gasteiger partial charge in [0.1, 0.15) is 5.82 Å². The summed E-state index contributed by atoms with van der Waals surface area (Å²) in [5.41, 5.74) is 1.08. The first-order chi connectivity index (χ1) is 7.24. The van der Waals surface area contributed by atoms with Gasteiger partial charge in [-0.1, -0.05) is 24.3 Å². The van der Waals surface area contributed by atoms with Gasteiger partial charge in [0, 0.05) is 18.5 Å². The Bertz CT molecular complexity index is 308. The predicted molar refractivity (Wildman–Crippen MR) is 62.7 cm³/mol. The van der Waals surface area contributed by atoms with Crippen LogP contribution in [0.25, 0.3) is 0 Å². The van der Waals surface area contributed by atoms with E-state index in [1.807, 2.05) is 19.1 Å². The van der Waals surface area contributed by atoms with E-state index in [9.17, 15) is 4.39 Å². The predicted octanol–water partition coefficient (Wildman–Crippen LogP) is 3.27. The van der Waals surface area contributed by atoms with E-state index in [0.29, 0.717) is 5.88 Å². The van der Waals surface area contributed by atoms with Crippen LogP contribution in [-0.4, -0.2) is 12.4 Å². The number of allylic oxidation sites excluding steroid dienone is 1. The molecule has 0 unspecified atom stereocenters. The van der Waals surface area contributed by atoms with Crippen LogP contribution in [0.2, 0.25) is 0 Å². The van der Waals surface area contributed by atoms with Crippen LogP contribution in [0.4, 0.5) is 4.39 Å². The molecule has 1 rings (SSSR count). The van der Waals surface area contributed by atoms with Gasteiger partial charge in [-0.2, -0.15) is 0 Å². The average molecular weight is 228 g/mol. The molecule has 15 heavy (non-hydrogen) atoms. The Balaban J connectivity index is 2.43. The van der Waals surface area contributed by atoms with E-state index < -0.39 is 0 Å². The van der Waals surface area contributed by atoms with Gasteiger partial charge in [-0.3, -0.25) is 0 Å². The van der Waals surface area contributed by atoms with E-state index in [0.717, 1.165) is 12.1 Å². The average Bonchev–Trinajstić information content (AvgIpc) is 2.25. The summed E-state index contributed by atoms with van der Waals surface area (Å²) in [4.78, 5) is 0. The molecule has 0 spiro atoms. The standard InChI is InChI=1S/C12H15ClFN/c1-10(15-9-3-2-8-13)11-4-6-12(14)7-5-11/h2-7,10,15H,8-9H2,1H3/b3-2+/t10-/m1/s1. The minimum absolute atomic E-state index is 0.201. The van der Waals surface area contributed by atoms with E-state index in [1.165, 1.54) is 12.1 Å². The minimum atomic E-state index is -0.201. The zero-order valence-electron chi connectivity index (χ0n) is 8.71. The molecule has 1 aromatic rings. The van der Waals surface area contributed by atoms with Gasteiger partial charge < -0.3 is 5.32 Å². The smallest absolute Gasteiger partial charge is 0.123 e. The van der Waals surface area contributed by atoms with Gasteiger partial charge in [0.25, 0.3) is 0 Å². The van der Waals surface area contributed by atoms with Crippen LogP contribution >= 0.6 is 11.6 Å². The molecular weight excluding hydrogens is 213 g/mol. The van der Waals surface area contributed by atoms with Crippen molar-refractivity contribution in [2.24, 2.45) is 0 Å². The van der Waals surface area contributed by atoms with Crippen LogP contribution in [-0.2, 0) is 0 Å². The zero-order valence-corrected chi connectivity index (χ0v) is 9.47. The number of alkyl halides is 1. The van der Waals surface area contributed by atoms with Crippen molar-refractivity contribution < 1.29 is 4.39 Å². The number of hydrogen-bond acceptors (Lipinski definition) is 1. The highest BCUT2D eigenvalue weighted by atomic mass is 35.5. The topological polar surface area (TPSA) is 12.0 Å². The van der Waals surface area contributed by atoms with Crippen molar-refractivity contribution >= 4 is 11.6 Å². The number of nitrogens with one attached hydrogen (secondary N) is 1. The second-order valence-electron chi connectivity index (χ2n) is 3.31. The summed E-state index contributed by atoms with van der Waals surface area (Å²) >= 11 is 5.50. The van der Waals surface area contributed by atoms with Gasteiger partial charge in [-0.25, -0.2) is 4.39 Å². The van der Waals surface area contributed by atoms with Gasteiger partial charge >= 0.3 is 0 Å². The molecule has 0 heterocycles. The van der Waals surface area contributed by atoms with Gasteiger partial charge in [0.05, 0.1) is 0 Å². The monoisotopic (exact) mass is 227 g/mol. The molecule has 0 aromatic heterocycles. The Hall–Kier alpha value is -0.860. The summed E-state index contributed by atoms with van der Waals surface area (Å²) in [6, 6.07) is 6.74.